The second kappa shape index (κ2) is 7.43. The molecule has 1 fully saturated rings. The summed E-state index contributed by atoms with van der Waals surface area (Å²) < 4.78 is 1.43. The van der Waals surface area contributed by atoms with Crippen molar-refractivity contribution in [3.05, 3.63) is 112 Å². The maximum atomic E-state index is 2.53. The van der Waals surface area contributed by atoms with Gasteiger partial charge in [-0.1, -0.05) is 84.4 Å². The van der Waals surface area contributed by atoms with Crippen molar-refractivity contribution in [3.63, 3.8) is 0 Å². The molecule has 0 nitrogen and oxygen atoms in total. The Morgan fingerprint density at radius 1 is 0.595 bits per heavy atom. The van der Waals surface area contributed by atoms with Crippen molar-refractivity contribution in [1.29, 1.82) is 0 Å². The van der Waals surface area contributed by atoms with E-state index >= 15 is 0 Å². The van der Waals surface area contributed by atoms with Crippen LogP contribution in [0, 0.1) is 5.92 Å². The van der Waals surface area contributed by atoms with Crippen LogP contribution in [0.5, 0.6) is 0 Å². The molecule has 3 aliphatic carbocycles. The average Bonchev–Trinajstić information content (AvgIpc) is 3.26. The Hall–Kier alpha value is -3.68. The molecule has 1 aromatic heterocycles. The molecule has 0 aliphatic heterocycles. The molecule has 0 amide bonds. The van der Waals surface area contributed by atoms with E-state index in [-0.39, 0.29) is 0 Å². The molecular weight excluding hydrogens is 464 g/mol. The molecule has 176 valence electrons. The second-order valence-corrected chi connectivity index (χ2v) is 12.3. The summed E-state index contributed by atoms with van der Waals surface area (Å²) >= 11 is 2.01. The summed E-state index contributed by atoms with van der Waals surface area (Å²) in [6.07, 6.45) is 8.87. The molecule has 1 atom stereocenters. The van der Waals surface area contributed by atoms with Gasteiger partial charge in [0.2, 0.25) is 0 Å². The zero-order valence-electron chi connectivity index (χ0n) is 20.7. The normalized spacial score (nSPS) is 17.6. The van der Waals surface area contributed by atoms with Gasteiger partial charge >= 0.3 is 0 Å². The van der Waals surface area contributed by atoms with Crippen molar-refractivity contribution in [1.82, 2.24) is 0 Å². The Balaban J connectivity index is 1.35. The lowest BCUT2D eigenvalue weighted by Crippen LogP contribution is -2.20. The van der Waals surface area contributed by atoms with Gasteiger partial charge in [0.25, 0.3) is 0 Å². The molecule has 1 heterocycles. The highest BCUT2D eigenvalue weighted by molar-refractivity contribution is 7.19. The lowest BCUT2D eigenvalue weighted by molar-refractivity contribution is 0.443. The van der Waals surface area contributed by atoms with Crippen LogP contribution in [0.2, 0.25) is 0 Å². The first-order valence-corrected chi connectivity index (χ1v) is 14.5. The van der Waals surface area contributed by atoms with Crippen LogP contribution in [0.4, 0.5) is 0 Å². The fraction of sp³-hybridized carbons (Fsp3) is 0.167. The summed E-state index contributed by atoms with van der Waals surface area (Å²) in [5.41, 5.74) is 11.6. The maximum Gasteiger partial charge on any atom is 0.0352 e. The quantitative estimate of drug-likeness (QED) is 0.212. The van der Waals surface area contributed by atoms with E-state index in [2.05, 4.69) is 91.0 Å². The Kier molecular flexibility index (Phi) is 4.09. The van der Waals surface area contributed by atoms with Crippen LogP contribution < -0.4 is 0 Å². The predicted molar refractivity (Wildman–Crippen MR) is 160 cm³/mol. The zero-order chi connectivity index (χ0) is 24.1. The highest BCUT2D eigenvalue weighted by Gasteiger charge is 2.30. The second-order valence-electron chi connectivity index (χ2n) is 11.1. The lowest BCUT2D eigenvalue weighted by Gasteiger charge is -2.33. The molecule has 6 aromatic rings. The van der Waals surface area contributed by atoms with Crippen LogP contribution in [0.15, 0.2) is 90.5 Å². The average molecular weight is 491 g/mol. The third-order valence-electron chi connectivity index (χ3n) is 9.25. The molecule has 0 spiro atoms. The van der Waals surface area contributed by atoms with Crippen molar-refractivity contribution < 1.29 is 0 Å². The van der Waals surface area contributed by atoms with Gasteiger partial charge in [-0.3, -0.25) is 0 Å². The molecular formula is C36H26S. The number of rotatable bonds is 2. The first-order chi connectivity index (χ1) is 18.3. The minimum absolute atomic E-state index is 0.815. The fourth-order valence-electron chi connectivity index (χ4n) is 7.08. The number of hydrogen-bond acceptors (Lipinski definition) is 1. The number of benzene rings is 5. The Labute approximate surface area is 220 Å². The van der Waals surface area contributed by atoms with Crippen LogP contribution in [0.25, 0.3) is 60.0 Å². The van der Waals surface area contributed by atoms with Crippen molar-refractivity contribution in [2.45, 2.75) is 32.1 Å². The van der Waals surface area contributed by atoms with Crippen LogP contribution in [-0.4, -0.2) is 0 Å². The topological polar surface area (TPSA) is 0 Å². The van der Waals surface area contributed by atoms with Gasteiger partial charge in [-0.25, -0.2) is 0 Å². The molecule has 37 heavy (non-hydrogen) atoms. The van der Waals surface area contributed by atoms with E-state index in [1.165, 1.54) is 103 Å². The minimum Gasteiger partial charge on any atom is -0.140 e. The summed E-state index contributed by atoms with van der Waals surface area (Å²) in [7, 11) is 0. The predicted octanol–water partition coefficient (Wildman–Crippen LogP) is 9.99. The zero-order valence-corrected chi connectivity index (χ0v) is 21.5. The standard InChI is InChI=1S/C36H26S/c1-3-7-29-27(5-1)35(25-14-10-21-9-11-22(21)17-25)28-6-2-4-8-30(28)36(29)26-15-16-33-31(19-26)32-18-23-12-13-24(23)20-34(32)37-33/h1-8,10,14-19,24H,9,11-13,20H2. The van der Waals surface area contributed by atoms with Gasteiger partial charge in [-0.05, 0) is 111 Å². The van der Waals surface area contributed by atoms with E-state index in [0.29, 0.717) is 0 Å². The van der Waals surface area contributed by atoms with Crippen LogP contribution >= 0.6 is 11.3 Å². The minimum atomic E-state index is 0.815. The van der Waals surface area contributed by atoms with Crippen LogP contribution in [0.3, 0.4) is 0 Å². The summed E-state index contributed by atoms with van der Waals surface area (Å²) in [5.74, 6) is 0.815. The first-order valence-electron chi connectivity index (χ1n) is 13.6. The smallest absolute Gasteiger partial charge is 0.0352 e. The van der Waals surface area contributed by atoms with E-state index in [1.54, 1.807) is 10.5 Å². The number of hydrogen-bond donors (Lipinski definition) is 0. The van der Waals surface area contributed by atoms with Gasteiger partial charge in [0.15, 0.2) is 0 Å². The van der Waals surface area contributed by atoms with Crippen molar-refractivity contribution in [3.8, 4) is 22.3 Å². The maximum absolute atomic E-state index is 2.53. The lowest BCUT2D eigenvalue weighted by atomic mass is 9.73. The van der Waals surface area contributed by atoms with Gasteiger partial charge in [0.1, 0.15) is 0 Å². The molecule has 1 saturated carbocycles. The molecule has 1 unspecified atom stereocenters. The molecule has 3 aliphatic rings. The fourth-order valence-corrected chi connectivity index (χ4v) is 8.33. The number of allylic oxidation sites excluding steroid dienone is 1. The van der Waals surface area contributed by atoms with Crippen molar-refractivity contribution in [2.75, 3.05) is 0 Å². The van der Waals surface area contributed by atoms with E-state index in [4.69, 9.17) is 0 Å². The molecule has 9 rings (SSSR count). The van der Waals surface area contributed by atoms with Gasteiger partial charge in [0.05, 0.1) is 0 Å². The third-order valence-corrected chi connectivity index (χ3v) is 10.5. The molecule has 0 N–H and O–H groups in total. The molecule has 0 bridgehead atoms. The van der Waals surface area contributed by atoms with Crippen molar-refractivity contribution >= 4 is 49.0 Å². The van der Waals surface area contributed by atoms with E-state index < -0.39 is 0 Å². The summed E-state index contributed by atoms with van der Waals surface area (Å²) in [4.78, 5) is 1.59. The monoisotopic (exact) mass is 490 g/mol. The Bertz CT molecular complexity index is 1910. The SMILES string of the molecule is C1=C2CCC2Cc2sc3ccc(-c4c5ccccc5c(-c5ccc6c(c5)CC6)c5ccccc45)cc3c21. The molecule has 5 aromatic carbocycles. The molecule has 0 radical (unpaired) electrons. The number of fused-ring (bicyclic) bond motifs is 7. The van der Waals surface area contributed by atoms with Crippen LogP contribution in [-0.2, 0) is 19.3 Å². The summed E-state index contributed by atoms with van der Waals surface area (Å²) in [5, 5.41) is 6.83. The van der Waals surface area contributed by atoms with Gasteiger partial charge in [-0.15, -0.1) is 11.3 Å². The van der Waals surface area contributed by atoms with Gasteiger partial charge in [-0.2, -0.15) is 0 Å². The van der Waals surface area contributed by atoms with E-state index in [1.807, 2.05) is 11.3 Å². The molecule has 1 heteroatoms. The Morgan fingerprint density at radius 3 is 1.84 bits per heavy atom. The Morgan fingerprint density at radius 2 is 1.24 bits per heavy atom. The largest absolute Gasteiger partial charge is 0.140 e. The van der Waals surface area contributed by atoms with Gasteiger partial charge in [0, 0.05) is 15.0 Å². The number of aryl methyl sites for hydroxylation is 2. The van der Waals surface area contributed by atoms with E-state index in [0.717, 1.165) is 5.92 Å². The number of thiophene rings is 1. The highest BCUT2D eigenvalue weighted by atomic mass is 32.1. The third kappa shape index (κ3) is 2.84. The highest BCUT2D eigenvalue weighted by Crippen LogP contribution is 2.49. The van der Waals surface area contributed by atoms with Gasteiger partial charge < -0.3 is 0 Å². The summed E-state index contributed by atoms with van der Waals surface area (Å²) in [6.45, 7) is 0. The summed E-state index contributed by atoms with van der Waals surface area (Å²) in [6, 6.07) is 32.5. The van der Waals surface area contributed by atoms with Crippen molar-refractivity contribution in [2.24, 2.45) is 5.92 Å². The van der Waals surface area contributed by atoms with Crippen LogP contribution in [0.1, 0.15) is 34.4 Å². The van der Waals surface area contributed by atoms with E-state index in [9.17, 15) is 0 Å². The molecule has 0 saturated heterocycles. The first kappa shape index (κ1) is 20.4.